The Labute approximate surface area is 139 Å². The lowest BCUT2D eigenvalue weighted by molar-refractivity contribution is 0.201. The van der Waals surface area contributed by atoms with Crippen molar-refractivity contribution in [1.29, 1.82) is 0 Å². The summed E-state index contributed by atoms with van der Waals surface area (Å²) in [5.41, 5.74) is 1.31. The number of nitrogens with one attached hydrogen (secondary N) is 1. The largest absolute Gasteiger partial charge is 0.346 e. The van der Waals surface area contributed by atoms with Gasteiger partial charge in [0.2, 0.25) is 0 Å². The lowest BCUT2D eigenvalue weighted by Crippen LogP contribution is -2.43. The molecule has 0 heterocycles. The van der Waals surface area contributed by atoms with Crippen LogP contribution in [-0.2, 0) is 6.42 Å². The molecule has 0 saturated heterocycles. The van der Waals surface area contributed by atoms with Crippen LogP contribution in [0.15, 0.2) is 48.5 Å². The van der Waals surface area contributed by atoms with Gasteiger partial charge in [0.1, 0.15) is 0 Å². The number of hydrogen-bond acceptors (Lipinski definition) is 2. The van der Waals surface area contributed by atoms with Gasteiger partial charge in [0.25, 0.3) is 0 Å². The second kappa shape index (κ2) is 7.49. The van der Waals surface area contributed by atoms with Crippen molar-refractivity contribution < 1.29 is 10.0 Å². The van der Waals surface area contributed by atoms with Gasteiger partial charge in [-0.1, -0.05) is 41.4 Å². The van der Waals surface area contributed by atoms with Gasteiger partial charge in [0, 0.05) is 16.1 Å². The van der Waals surface area contributed by atoms with Gasteiger partial charge in [-0.2, -0.15) is 5.06 Å². The second-order valence-corrected chi connectivity index (χ2v) is 5.85. The highest BCUT2D eigenvalue weighted by atomic mass is 35.5. The number of hydroxylamine groups is 1. The van der Waals surface area contributed by atoms with E-state index in [0.717, 1.165) is 5.56 Å². The molecule has 116 valence electrons. The maximum Gasteiger partial charge on any atom is 0.346 e. The minimum absolute atomic E-state index is 0.194. The van der Waals surface area contributed by atoms with Crippen LogP contribution in [0.1, 0.15) is 12.5 Å². The molecule has 2 aromatic carbocycles. The molecule has 1 unspecified atom stereocenters. The first-order valence-electron chi connectivity index (χ1n) is 6.75. The van der Waals surface area contributed by atoms with Crippen LogP contribution in [0.25, 0.3) is 0 Å². The zero-order chi connectivity index (χ0) is 16.1. The average molecular weight is 339 g/mol. The predicted octanol–water partition coefficient (Wildman–Crippen LogP) is 4.53. The van der Waals surface area contributed by atoms with Crippen molar-refractivity contribution >= 4 is 34.9 Å². The van der Waals surface area contributed by atoms with Gasteiger partial charge < -0.3 is 5.32 Å². The molecule has 0 aliphatic carbocycles. The van der Waals surface area contributed by atoms with Gasteiger partial charge in [-0.15, -0.1) is 0 Å². The summed E-state index contributed by atoms with van der Waals surface area (Å²) in [5, 5.41) is 14.3. The lowest BCUT2D eigenvalue weighted by atomic mass is 10.1. The van der Waals surface area contributed by atoms with E-state index in [1.165, 1.54) is 0 Å². The summed E-state index contributed by atoms with van der Waals surface area (Å²) in [4.78, 5) is 12.0. The Kier molecular flexibility index (Phi) is 5.66. The number of halogens is 2. The fraction of sp³-hybridized carbons (Fsp3) is 0.188. The number of para-hydroxylation sites is 1. The van der Waals surface area contributed by atoms with Crippen LogP contribution in [-0.4, -0.2) is 17.3 Å². The minimum Gasteiger partial charge on any atom is -0.333 e. The van der Waals surface area contributed by atoms with Crippen molar-refractivity contribution in [3.63, 3.8) is 0 Å². The normalized spacial score (nSPS) is 11.8. The predicted molar refractivity (Wildman–Crippen MR) is 88.9 cm³/mol. The third-order valence-electron chi connectivity index (χ3n) is 3.03. The topological polar surface area (TPSA) is 52.6 Å². The highest BCUT2D eigenvalue weighted by Crippen LogP contribution is 2.20. The summed E-state index contributed by atoms with van der Waals surface area (Å²) >= 11 is 11.9. The van der Waals surface area contributed by atoms with Crippen molar-refractivity contribution in [2.75, 3.05) is 5.06 Å². The van der Waals surface area contributed by atoms with E-state index in [-0.39, 0.29) is 6.04 Å². The molecule has 0 fully saturated rings. The van der Waals surface area contributed by atoms with E-state index in [0.29, 0.717) is 27.2 Å². The van der Waals surface area contributed by atoms with Crippen molar-refractivity contribution in [3.05, 3.63) is 64.1 Å². The van der Waals surface area contributed by atoms with Crippen molar-refractivity contribution in [2.45, 2.75) is 19.4 Å². The maximum absolute atomic E-state index is 12.0. The van der Waals surface area contributed by atoms with Gasteiger partial charge in [-0.25, -0.2) is 4.79 Å². The molecule has 2 rings (SSSR count). The van der Waals surface area contributed by atoms with Crippen LogP contribution in [0.5, 0.6) is 0 Å². The molecule has 0 aliphatic heterocycles. The molecule has 22 heavy (non-hydrogen) atoms. The highest BCUT2D eigenvalue weighted by molar-refractivity contribution is 6.34. The minimum atomic E-state index is -0.591. The SMILES string of the molecule is CC(Cc1cc(Cl)cc(Cl)c1)NC(=O)N(O)c1ccccc1. The van der Waals surface area contributed by atoms with Crippen LogP contribution in [0.2, 0.25) is 10.0 Å². The summed E-state index contributed by atoms with van der Waals surface area (Å²) in [6.07, 6.45) is 0.550. The number of benzene rings is 2. The first-order valence-corrected chi connectivity index (χ1v) is 7.51. The smallest absolute Gasteiger partial charge is 0.333 e. The van der Waals surface area contributed by atoms with Gasteiger partial charge in [-0.3, -0.25) is 5.21 Å². The van der Waals surface area contributed by atoms with Gasteiger partial charge >= 0.3 is 6.03 Å². The van der Waals surface area contributed by atoms with Crippen molar-refractivity contribution in [1.82, 2.24) is 5.32 Å². The second-order valence-electron chi connectivity index (χ2n) is 4.98. The van der Waals surface area contributed by atoms with Gasteiger partial charge in [0.05, 0.1) is 5.69 Å². The van der Waals surface area contributed by atoms with E-state index in [2.05, 4.69) is 5.32 Å². The molecule has 4 nitrogen and oxygen atoms in total. The number of anilines is 1. The standard InChI is InChI=1S/C16H16Cl2N2O2/c1-11(7-12-8-13(17)10-14(18)9-12)19-16(21)20(22)15-5-3-2-4-6-15/h2-6,8-11,22H,7H2,1H3,(H,19,21). The molecule has 1 atom stereocenters. The number of carbonyl (C=O) groups is 1. The molecule has 0 aromatic heterocycles. The number of amides is 2. The van der Waals surface area contributed by atoms with Crippen molar-refractivity contribution in [2.24, 2.45) is 0 Å². The fourth-order valence-corrected chi connectivity index (χ4v) is 2.66. The molecule has 2 N–H and O–H groups in total. The summed E-state index contributed by atoms with van der Waals surface area (Å²) < 4.78 is 0. The van der Waals surface area contributed by atoms with E-state index in [9.17, 15) is 10.0 Å². The number of carbonyl (C=O) groups excluding carboxylic acids is 1. The summed E-state index contributed by atoms with van der Waals surface area (Å²) in [6, 6.07) is 13.0. The highest BCUT2D eigenvalue weighted by Gasteiger charge is 2.15. The molecule has 2 amide bonds. The van der Waals surface area contributed by atoms with E-state index < -0.39 is 6.03 Å². The van der Waals surface area contributed by atoms with E-state index >= 15 is 0 Å². The number of nitrogens with zero attached hydrogens (tertiary/aromatic N) is 1. The third kappa shape index (κ3) is 4.63. The zero-order valence-corrected chi connectivity index (χ0v) is 13.5. The molecular formula is C16H16Cl2N2O2. The monoisotopic (exact) mass is 338 g/mol. The number of urea groups is 1. The van der Waals surface area contributed by atoms with E-state index in [1.807, 2.05) is 6.92 Å². The molecule has 0 radical (unpaired) electrons. The molecule has 0 saturated carbocycles. The van der Waals surface area contributed by atoms with Crippen LogP contribution in [0, 0.1) is 0 Å². The summed E-state index contributed by atoms with van der Waals surface area (Å²) in [6.45, 7) is 1.84. The Morgan fingerprint density at radius 1 is 1.18 bits per heavy atom. The lowest BCUT2D eigenvalue weighted by Gasteiger charge is -2.20. The summed E-state index contributed by atoms with van der Waals surface area (Å²) in [5.74, 6) is 0. The quantitative estimate of drug-likeness (QED) is 0.635. The number of hydrogen-bond donors (Lipinski definition) is 2. The zero-order valence-electron chi connectivity index (χ0n) is 12.0. The Hall–Kier alpha value is -1.75. The number of rotatable bonds is 4. The molecule has 2 aromatic rings. The van der Waals surface area contributed by atoms with E-state index in [4.69, 9.17) is 23.2 Å². The fourth-order valence-electron chi connectivity index (χ4n) is 2.09. The molecule has 0 bridgehead atoms. The first kappa shape index (κ1) is 16.6. The van der Waals surface area contributed by atoms with Crippen LogP contribution < -0.4 is 10.4 Å². The summed E-state index contributed by atoms with van der Waals surface area (Å²) in [7, 11) is 0. The van der Waals surface area contributed by atoms with Crippen molar-refractivity contribution in [3.8, 4) is 0 Å². The molecular weight excluding hydrogens is 323 g/mol. The van der Waals surface area contributed by atoms with E-state index in [1.54, 1.807) is 48.5 Å². The Morgan fingerprint density at radius 2 is 1.77 bits per heavy atom. The molecule has 0 aliphatic rings. The molecule has 6 heteroatoms. The third-order valence-corrected chi connectivity index (χ3v) is 3.46. The van der Waals surface area contributed by atoms with Gasteiger partial charge in [0.15, 0.2) is 0 Å². The molecule has 0 spiro atoms. The van der Waals surface area contributed by atoms with Gasteiger partial charge in [-0.05, 0) is 49.2 Å². The first-order chi connectivity index (χ1) is 10.5. The van der Waals surface area contributed by atoms with Crippen LogP contribution >= 0.6 is 23.2 Å². The van der Waals surface area contributed by atoms with Crippen LogP contribution in [0.3, 0.4) is 0 Å². The Balaban J connectivity index is 1.96. The van der Waals surface area contributed by atoms with Crippen LogP contribution in [0.4, 0.5) is 10.5 Å². The Bertz CT molecular complexity index is 630. The average Bonchev–Trinajstić information content (AvgIpc) is 2.46. The Morgan fingerprint density at radius 3 is 2.36 bits per heavy atom. The maximum atomic E-state index is 12.0.